The second-order valence-corrected chi connectivity index (χ2v) is 9.11. The Hall–Kier alpha value is -3.42. The van der Waals surface area contributed by atoms with E-state index in [2.05, 4.69) is 16.5 Å². The maximum absolute atomic E-state index is 13.4. The van der Waals surface area contributed by atoms with Gasteiger partial charge in [0.25, 0.3) is 0 Å². The van der Waals surface area contributed by atoms with Crippen LogP contribution in [0.1, 0.15) is 47.4 Å². The number of hydrogen-bond donors (Lipinski definition) is 0. The van der Waals surface area contributed by atoms with Crippen molar-refractivity contribution in [1.29, 1.82) is 0 Å². The summed E-state index contributed by atoms with van der Waals surface area (Å²) in [6.07, 6.45) is 1.10. The van der Waals surface area contributed by atoms with Crippen LogP contribution in [-0.4, -0.2) is 44.1 Å². The molecule has 3 aromatic rings. The number of aromatic nitrogens is 4. The lowest BCUT2D eigenvalue weighted by molar-refractivity contribution is 0.0548. The molecule has 0 aliphatic carbocycles. The van der Waals surface area contributed by atoms with E-state index >= 15 is 0 Å². The zero-order valence-corrected chi connectivity index (χ0v) is 19.1. The van der Waals surface area contributed by atoms with E-state index < -0.39 is 17.2 Å². The standard InChI is InChI=1S/C23H29N5O3/c1-15(30-8)19-24-14-17-18(25-19)20(28(26-17)16-12-10-9-11-13-16)27(22(2,3)4)21(29)31-23(5,6)7/h9-14H,1H2,2-8H3. The quantitative estimate of drug-likeness (QED) is 0.551. The van der Waals surface area contributed by atoms with Gasteiger partial charge in [-0.2, -0.15) is 5.10 Å². The topological polar surface area (TPSA) is 82.4 Å². The van der Waals surface area contributed by atoms with Crippen LogP contribution >= 0.6 is 0 Å². The summed E-state index contributed by atoms with van der Waals surface area (Å²) in [4.78, 5) is 23.9. The van der Waals surface area contributed by atoms with Crippen LogP contribution in [0.15, 0.2) is 43.1 Å². The number of carbonyl (C=O) groups excluding carboxylic acids is 1. The zero-order chi connectivity index (χ0) is 23.0. The van der Waals surface area contributed by atoms with Crippen LogP contribution in [0.5, 0.6) is 0 Å². The average molecular weight is 424 g/mol. The minimum absolute atomic E-state index is 0.319. The van der Waals surface area contributed by atoms with E-state index in [1.54, 1.807) is 15.8 Å². The van der Waals surface area contributed by atoms with E-state index in [9.17, 15) is 4.79 Å². The van der Waals surface area contributed by atoms with E-state index in [0.29, 0.717) is 28.4 Å². The van der Waals surface area contributed by atoms with E-state index in [1.165, 1.54) is 7.11 Å². The number of hydrogen-bond acceptors (Lipinski definition) is 6. The van der Waals surface area contributed by atoms with Gasteiger partial charge in [0.15, 0.2) is 17.4 Å². The number of fused-ring (bicyclic) bond motifs is 1. The maximum atomic E-state index is 13.4. The normalized spacial score (nSPS) is 12.0. The van der Waals surface area contributed by atoms with Crippen molar-refractivity contribution in [2.75, 3.05) is 12.0 Å². The molecular formula is C23H29N5O3. The first-order chi connectivity index (χ1) is 14.4. The second kappa shape index (κ2) is 8.02. The van der Waals surface area contributed by atoms with Crippen LogP contribution in [0.3, 0.4) is 0 Å². The van der Waals surface area contributed by atoms with E-state index in [0.717, 1.165) is 5.69 Å². The third-order valence-electron chi connectivity index (χ3n) is 4.34. The van der Waals surface area contributed by atoms with Gasteiger partial charge >= 0.3 is 6.09 Å². The van der Waals surface area contributed by atoms with E-state index in [-0.39, 0.29) is 0 Å². The molecule has 0 atom stereocenters. The Kier molecular flexibility index (Phi) is 5.76. The molecule has 0 N–H and O–H groups in total. The molecule has 8 nitrogen and oxygen atoms in total. The zero-order valence-electron chi connectivity index (χ0n) is 19.1. The summed E-state index contributed by atoms with van der Waals surface area (Å²) >= 11 is 0. The summed E-state index contributed by atoms with van der Waals surface area (Å²) < 4.78 is 12.6. The maximum Gasteiger partial charge on any atom is 0.416 e. The summed E-state index contributed by atoms with van der Waals surface area (Å²) in [5, 5.41) is 4.69. The lowest BCUT2D eigenvalue weighted by Gasteiger charge is -2.36. The average Bonchev–Trinajstić information content (AvgIpc) is 3.04. The van der Waals surface area contributed by atoms with Crippen LogP contribution < -0.4 is 4.90 Å². The number of amides is 1. The van der Waals surface area contributed by atoms with Gasteiger partial charge in [-0.3, -0.25) is 4.90 Å². The summed E-state index contributed by atoms with van der Waals surface area (Å²) in [6, 6.07) is 9.55. The number of benzene rings is 1. The number of carbonyl (C=O) groups is 1. The molecular weight excluding hydrogens is 394 g/mol. The Balaban J connectivity index is 2.34. The molecule has 3 rings (SSSR count). The van der Waals surface area contributed by atoms with Crippen LogP contribution in [0.4, 0.5) is 10.6 Å². The molecule has 0 radical (unpaired) electrons. The van der Waals surface area contributed by atoms with Crippen molar-refractivity contribution in [2.45, 2.75) is 52.7 Å². The van der Waals surface area contributed by atoms with Crippen molar-refractivity contribution in [3.05, 3.63) is 48.9 Å². The molecule has 0 saturated heterocycles. The molecule has 0 aliphatic rings. The predicted molar refractivity (Wildman–Crippen MR) is 121 cm³/mol. The van der Waals surface area contributed by atoms with Crippen LogP contribution in [0.2, 0.25) is 0 Å². The highest BCUT2D eigenvalue weighted by atomic mass is 16.6. The Morgan fingerprint density at radius 2 is 1.74 bits per heavy atom. The SMILES string of the molecule is C=C(OC)c1ncc2nn(-c3ccccc3)c(N(C(=O)OC(C)(C)C)C(C)(C)C)c2n1. The molecule has 0 bridgehead atoms. The van der Waals surface area contributed by atoms with Gasteiger partial charge in [-0.05, 0) is 53.7 Å². The fourth-order valence-electron chi connectivity index (χ4n) is 3.03. The predicted octanol–water partition coefficient (Wildman–Crippen LogP) is 4.97. The molecule has 31 heavy (non-hydrogen) atoms. The first kappa shape index (κ1) is 22.3. The van der Waals surface area contributed by atoms with Gasteiger partial charge < -0.3 is 9.47 Å². The van der Waals surface area contributed by atoms with Crippen LogP contribution in [0.25, 0.3) is 22.5 Å². The Morgan fingerprint density at radius 1 is 1.10 bits per heavy atom. The Morgan fingerprint density at radius 3 is 2.29 bits per heavy atom. The lowest BCUT2D eigenvalue weighted by Crippen LogP contribution is -2.49. The second-order valence-electron chi connectivity index (χ2n) is 9.11. The summed E-state index contributed by atoms with van der Waals surface area (Å²) in [6.45, 7) is 15.1. The molecule has 2 heterocycles. The summed E-state index contributed by atoms with van der Waals surface area (Å²) in [5.74, 6) is 1.12. The molecule has 0 fully saturated rings. The Bertz CT molecular complexity index is 1110. The van der Waals surface area contributed by atoms with Crippen molar-refractivity contribution in [1.82, 2.24) is 19.7 Å². The fraction of sp³-hybridized carbons (Fsp3) is 0.391. The number of ether oxygens (including phenoxy) is 2. The highest BCUT2D eigenvalue weighted by molar-refractivity contribution is 5.99. The summed E-state index contributed by atoms with van der Waals surface area (Å²) in [5.41, 5.74) is 0.501. The highest BCUT2D eigenvalue weighted by Crippen LogP contribution is 2.34. The Labute approximate surface area is 182 Å². The molecule has 0 saturated carbocycles. The molecule has 2 aromatic heterocycles. The van der Waals surface area contributed by atoms with Gasteiger partial charge in [-0.25, -0.2) is 19.4 Å². The number of para-hydroxylation sites is 1. The molecule has 0 aliphatic heterocycles. The first-order valence-electron chi connectivity index (χ1n) is 10.00. The largest absolute Gasteiger partial charge is 0.493 e. The summed E-state index contributed by atoms with van der Waals surface area (Å²) in [7, 11) is 1.51. The number of methoxy groups -OCH3 is 1. The smallest absolute Gasteiger partial charge is 0.416 e. The third-order valence-corrected chi connectivity index (χ3v) is 4.34. The van der Waals surface area contributed by atoms with Gasteiger partial charge in [-0.15, -0.1) is 0 Å². The molecule has 164 valence electrons. The van der Waals surface area contributed by atoms with Crippen molar-refractivity contribution >= 4 is 28.7 Å². The van der Waals surface area contributed by atoms with Gasteiger partial charge in [0.05, 0.1) is 19.0 Å². The lowest BCUT2D eigenvalue weighted by atomic mass is 10.1. The van der Waals surface area contributed by atoms with Crippen molar-refractivity contribution in [2.24, 2.45) is 0 Å². The van der Waals surface area contributed by atoms with E-state index in [1.807, 2.05) is 71.9 Å². The van der Waals surface area contributed by atoms with Gasteiger partial charge in [0.1, 0.15) is 16.6 Å². The van der Waals surface area contributed by atoms with Crippen molar-refractivity contribution in [3.63, 3.8) is 0 Å². The van der Waals surface area contributed by atoms with Crippen LogP contribution in [-0.2, 0) is 9.47 Å². The fourth-order valence-corrected chi connectivity index (χ4v) is 3.03. The van der Waals surface area contributed by atoms with Crippen LogP contribution in [0, 0.1) is 0 Å². The molecule has 1 aromatic carbocycles. The molecule has 8 heteroatoms. The van der Waals surface area contributed by atoms with Crippen molar-refractivity contribution < 1.29 is 14.3 Å². The molecule has 0 spiro atoms. The number of anilines is 1. The highest BCUT2D eigenvalue weighted by Gasteiger charge is 2.37. The molecule has 1 amide bonds. The third kappa shape index (κ3) is 4.68. The first-order valence-corrected chi connectivity index (χ1v) is 10.00. The minimum Gasteiger partial charge on any atom is -0.493 e. The van der Waals surface area contributed by atoms with Gasteiger partial charge in [0, 0.05) is 5.54 Å². The van der Waals surface area contributed by atoms with E-state index in [4.69, 9.17) is 14.6 Å². The molecule has 0 unspecified atom stereocenters. The number of rotatable bonds is 4. The monoisotopic (exact) mass is 423 g/mol. The van der Waals surface area contributed by atoms with Crippen molar-refractivity contribution in [3.8, 4) is 5.69 Å². The minimum atomic E-state index is -0.668. The van der Waals surface area contributed by atoms with Gasteiger partial charge in [0.2, 0.25) is 0 Å². The van der Waals surface area contributed by atoms with Gasteiger partial charge in [-0.1, -0.05) is 24.8 Å². The number of nitrogens with zero attached hydrogens (tertiary/aromatic N) is 5.